The summed E-state index contributed by atoms with van der Waals surface area (Å²) < 4.78 is 5.35. The van der Waals surface area contributed by atoms with Crippen LogP contribution in [-0.4, -0.2) is 12.4 Å². The third-order valence-electron chi connectivity index (χ3n) is 2.46. The van der Waals surface area contributed by atoms with Crippen LogP contribution in [0.1, 0.15) is 30.4 Å². The van der Waals surface area contributed by atoms with E-state index in [1.165, 1.54) is 11.1 Å². The Balaban J connectivity index is 2.97. The van der Waals surface area contributed by atoms with E-state index in [1.54, 1.807) is 7.11 Å². The first-order valence-electron chi connectivity index (χ1n) is 4.89. The molecule has 1 aromatic carbocycles. The summed E-state index contributed by atoms with van der Waals surface area (Å²) in [4.78, 5) is 0. The van der Waals surface area contributed by atoms with Crippen LogP contribution in [0.2, 0.25) is 0 Å². The predicted octanol–water partition coefficient (Wildman–Crippen LogP) is 3.89. The van der Waals surface area contributed by atoms with Crippen molar-refractivity contribution in [2.24, 2.45) is 0 Å². The summed E-state index contributed by atoms with van der Waals surface area (Å²) in [7, 11) is 1.73. The van der Waals surface area contributed by atoms with Gasteiger partial charge in [-0.1, -0.05) is 40.5 Å². The maximum Gasteiger partial charge on any atom is 0.122 e. The molecule has 0 aliphatic heterocycles. The van der Waals surface area contributed by atoms with E-state index in [1.807, 2.05) is 0 Å². The summed E-state index contributed by atoms with van der Waals surface area (Å²) in [6.45, 7) is 4.35. The molecule has 1 nitrogen and oxygen atoms in total. The number of halogens is 1. The maximum atomic E-state index is 5.35. The van der Waals surface area contributed by atoms with Crippen LogP contribution in [0.5, 0.6) is 5.75 Å². The van der Waals surface area contributed by atoms with Gasteiger partial charge in [-0.15, -0.1) is 0 Å². The molecular weight excluding hydrogens is 240 g/mol. The Morgan fingerprint density at radius 2 is 2.14 bits per heavy atom. The fourth-order valence-electron chi connectivity index (χ4n) is 1.56. The Hall–Kier alpha value is -0.500. The third-order valence-corrected chi connectivity index (χ3v) is 2.92. The first-order chi connectivity index (χ1) is 6.69. The van der Waals surface area contributed by atoms with E-state index in [4.69, 9.17) is 4.74 Å². The Labute approximate surface area is 94.6 Å². The summed E-state index contributed by atoms with van der Waals surface area (Å²) >= 11 is 3.47. The lowest BCUT2D eigenvalue weighted by Gasteiger charge is -2.15. The Bertz CT molecular complexity index is 296. The van der Waals surface area contributed by atoms with Crippen molar-refractivity contribution in [3.8, 4) is 5.75 Å². The van der Waals surface area contributed by atoms with Crippen LogP contribution in [0, 0.1) is 6.92 Å². The molecule has 0 saturated carbocycles. The zero-order chi connectivity index (χ0) is 10.6. The highest BCUT2D eigenvalue weighted by atomic mass is 79.9. The zero-order valence-corrected chi connectivity index (χ0v) is 10.6. The molecule has 0 fully saturated rings. The molecule has 0 saturated heterocycles. The van der Waals surface area contributed by atoms with Crippen molar-refractivity contribution in [3.63, 3.8) is 0 Å². The van der Waals surface area contributed by atoms with Gasteiger partial charge >= 0.3 is 0 Å². The van der Waals surface area contributed by atoms with Crippen LogP contribution >= 0.6 is 15.9 Å². The average molecular weight is 257 g/mol. The number of methoxy groups -OCH3 is 1. The van der Waals surface area contributed by atoms with Gasteiger partial charge in [0.05, 0.1) is 7.11 Å². The number of hydrogen-bond acceptors (Lipinski definition) is 1. The molecule has 0 aliphatic rings. The molecule has 0 bridgehead atoms. The van der Waals surface area contributed by atoms with Gasteiger partial charge in [-0.05, 0) is 30.9 Å². The minimum atomic E-state index is 0.546. The van der Waals surface area contributed by atoms with Crippen LogP contribution < -0.4 is 4.74 Å². The minimum Gasteiger partial charge on any atom is -0.496 e. The van der Waals surface area contributed by atoms with Gasteiger partial charge in [-0.25, -0.2) is 0 Å². The molecule has 0 radical (unpaired) electrons. The van der Waals surface area contributed by atoms with E-state index >= 15 is 0 Å². The van der Waals surface area contributed by atoms with Crippen molar-refractivity contribution in [1.82, 2.24) is 0 Å². The van der Waals surface area contributed by atoms with Crippen molar-refractivity contribution in [1.29, 1.82) is 0 Å². The SMILES string of the molecule is COc1ccc(C)cc1C(C)CCBr. The summed E-state index contributed by atoms with van der Waals surface area (Å²) in [5.41, 5.74) is 2.61. The second-order valence-electron chi connectivity index (χ2n) is 3.62. The maximum absolute atomic E-state index is 5.35. The van der Waals surface area contributed by atoms with Gasteiger partial charge in [0, 0.05) is 5.33 Å². The summed E-state index contributed by atoms with van der Waals surface area (Å²) in [5.74, 6) is 1.55. The predicted molar refractivity (Wildman–Crippen MR) is 64.6 cm³/mol. The zero-order valence-electron chi connectivity index (χ0n) is 9.01. The molecule has 0 aliphatic carbocycles. The van der Waals surface area contributed by atoms with Crippen LogP contribution in [0.3, 0.4) is 0 Å². The molecule has 0 amide bonds. The van der Waals surface area contributed by atoms with Crippen molar-refractivity contribution in [2.75, 3.05) is 12.4 Å². The molecule has 0 N–H and O–H groups in total. The van der Waals surface area contributed by atoms with E-state index in [2.05, 4.69) is 48.0 Å². The Morgan fingerprint density at radius 3 is 2.71 bits per heavy atom. The molecule has 0 heterocycles. The minimum absolute atomic E-state index is 0.546. The van der Waals surface area contributed by atoms with Crippen molar-refractivity contribution in [3.05, 3.63) is 29.3 Å². The van der Waals surface area contributed by atoms with E-state index in [-0.39, 0.29) is 0 Å². The average Bonchev–Trinajstić information content (AvgIpc) is 2.18. The van der Waals surface area contributed by atoms with Crippen molar-refractivity contribution < 1.29 is 4.74 Å². The fraction of sp³-hybridized carbons (Fsp3) is 0.500. The molecule has 1 rings (SSSR count). The molecule has 1 aromatic rings. The van der Waals surface area contributed by atoms with Crippen LogP contribution in [0.4, 0.5) is 0 Å². The van der Waals surface area contributed by atoms with Gasteiger partial charge in [0.2, 0.25) is 0 Å². The van der Waals surface area contributed by atoms with E-state index < -0.39 is 0 Å². The highest BCUT2D eigenvalue weighted by Gasteiger charge is 2.10. The Morgan fingerprint density at radius 1 is 1.43 bits per heavy atom. The van der Waals surface area contributed by atoms with Gasteiger partial charge in [0.15, 0.2) is 0 Å². The van der Waals surface area contributed by atoms with Crippen LogP contribution in [0.15, 0.2) is 18.2 Å². The fourth-order valence-corrected chi connectivity index (χ4v) is 2.24. The number of benzene rings is 1. The summed E-state index contributed by atoms with van der Waals surface area (Å²) in [5, 5.41) is 1.03. The molecule has 14 heavy (non-hydrogen) atoms. The number of alkyl halides is 1. The number of ether oxygens (including phenoxy) is 1. The number of rotatable bonds is 4. The second kappa shape index (κ2) is 5.40. The lowest BCUT2D eigenvalue weighted by Crippen LogP contribution is -1.98. The molecule has 1 atom stereocenters. The monoisotopic (exact) mass is 256 g/mol. The van der Waals surface area contributed by atoms with Gasteiger partial charge in [-0.2, -0.15) is 0 Å². The largest absolute Gasteiger partial charge is 0.496 e. The topological polar surface area (TPSA) is 9.23 Å². The molecular formula is C12H17BrO. The van der Waals surface area contributed by atoms with Gasteiger partial charge in [0.1, 0.15) is 5.75 Å². The van der Waals surface area contributed by atoms with E-state index in [9.17, 15) is 0 Å². The standard InChI is InChI=1S/C12H17BrO/c1-9-4-5-12(14-3)11(8-9)10(2)6-7-13/h4-5,8,10H,6-7H2,1-3H3. The number of hydrogen-bond donors (Lipinski definition) is 0. The Kier molecular flexibility index (Phi) is 4.46. The lowest BCUT2D eigenvalue weighted by atomic mass is 9.96. The first-order valence-corrected chi connectivity index (χ1v) is 6.01. The normalized spacial score (nSPS) is 12.6. The van der Waals surface area contributed by atoms with Crippen LogP contribution in [-0.2, 0) is 0 Å². The highest BCUT2D eigenvalue weighted by Crippen LogP contribution is 2.29. The molecule has 78 valence electrons. The third kappa shape index (κ3) is 2.74. The van der Waals surface area contributed by atoms with E-state index in [0.717, 1.165) is 17.5 Å². The van der Waals surface area contributed by atoms with Crippen molar-refractivity contribution >= 4 is 15.9 Å². The highest BCUT2D eigenvalue weighted by molar-refractivity contribution is 9.09. The van der Waals surface area contributed by atoms with Crippen molar-refractivity contribution in [2.45, 2.75) is 26.2 Å². The van der Waals surface area contributed by atoms with Gasteiger partial charge in [0.25, 0.3) is 0 Å². The quantitative estimate of drug-likeness (QED) is 0.743. The smallest absolute Gasteiger partial charge is 0.122 e. The van der Waals surface area contributed by atoms with Gasteiger partial charge in [-0.3, -0.25) is 0 Å². The van der Waals surface area contributed by atoms with Gasteiger partial charge < -0.3 is 4.74 Å². The summed E-state index contributed by atoms with van der Waals surface area (Å²) in [6, 6.07) is 6.35. The summed E-state index contributed by atoms with van der Waals surface area (Å²) in [6.07, 6.45) is 1.14. The molecule has 2 heteroatoms. The molecule has 1 unspecified atom stereocenters. The lowest BCUT2D eigenvalue weighted by molar-refractivity contribution is 0.406. The number of aryl methyl sites for hydroxylation is 1. The van der Waals surface area contributed by atoms with E-state index in [0.29, 0.717) is 5.92 Å². The molecule has 0 spiro atoms. The second-order valence-corrected chi connectivity index (χ2v) is 4.42. The first kappa shape index (κ1) is 11.6. The molecule has 0 aromatic heterocycles. The van der Waals surface area contributed by atoms with Crippen LogP contribution in [0.25, 0.3) is 0 Å².